The van der Waals surface area contributed by atoms with Crippen LogP contribution in [0.25, 0.3) is 0 Å². The molecule has 0 N–H and O–H groups in total. The molecule has 2 aliphatic heterocycles. The summed E-state index contributed by atoms with van der Waals surface area (Å²) in [5, 5.41) is -0.562. The van der Waals surface area contributed by atoms with Gasteiger partial charge in [0.1, 0.15) is 10.6 Å². The van der Waals surface area contributed by atoms with Gasteiger partial charge in [0.05, 0.1) is 18.1 Å². The van der Waals surface area contributed by atoms with Gasteiger partial charge in [-0.05, 0) is 31.0 Å². The minimum atomic E-state index is -3.74. The maximum absolute atomic E-state index is 12.8. The van der Waals surface area contributed by atoms with E-state index < -0.39 is 31.2 Å². The highest BCUT2D eigenvalue weighted by molar-refractivity contribution is 7.93. The molecular weight excluding hydrogens is 314 g/mol. The van der Waals surface area contributed by atoms with Crippen molar-refractivity contribution < 1.29 is 21.6 Å². The molecule has 2 unspecified atom stereocenters. The highest BCUT2D eigenvalue weighted by atomic mass is 32.2. The van der Waals surface area contributed by atoms with Crippen molar-refractivity contribution in [2.75, 3.05) is 19.4 Å². The molecule has 0 saturated carbocycles. The Balaban J connectivity index is 2.02. The van der Waals surface area contributed by atoms with E-state index in [9.17, 15) is 16.8 Å². The van der Waals surface area contributed by atoms with Gasteiger partial charge in [0.2, 0.25) is 10.0 Å². The normalized spacial score (nSPS) is 27.9. The fourth-order valence-corrected chi connectivity index (χ4v) is 7.21. The lowest BCUT2D eigenvalue weighted by Crippen LogP contribution is -2.44. The fraction of sp³-hybridized carbons (Fsp3) is 0.538. The van der Waals surface area contributed by atoms with E-state index in [1.165, 1.54) is 11.4 Å². The van der Waals surface area contributed by atoms with Crippen LogP contribution in [0.2, 0.25) is 0 Å². The molecule has 2 bridgehead atoms. The summed E-state index contributed by atoms with van der Waals surface area (Å²) in [7, 11) is -5.44. The minimum Gasteiger partial charge on any atom is -0.495 e. The van der Waals surface area contributed by atoms with Crippen LogP contribution in [0.5, 0.6) is 5.75 Å². The molecule has 3 rings (SSSR count). The molecule has 2 atom stereocenters. The second-order valence-corrected chi connectivity index (χ2v) is 9.75. The predicted octanol–water partition coefficient (Wildman–Crippen LogP) is 0.564. The molecule has 1 aromatic carbocycles. The van der Waals surface area contributed by atoms with Crippen LogP contribution in [-0.4, -0.2) is 51.8 Å². The summed E-state index contributed by atoms with van der Waals surface area (Å²) in [6, 6.07) is 4.51. The number of methoxy groups -OCH3 is 1. The van der Waals surface area contributed by atoms with Crippen LogP contribution in [0.15, 0.2) is 23.1 Å². The Bertz CT molecular complexity index is 785. The molecule has 2 saturated heterocycles. The Kier molecular flexibility index (Phi) is 3.30. The molecule has 2 fully saturated rings. The number of fused-ring (bicyclic) bond motifs is 2. The van der Waals surface area contributed by atoms with E-state index in [2.05, 4.69) is 0 Å². The largest absolute Gasteiger partial charge is 0.495 e. The fourth-order valence-electron chi connectivity index (χ4n) is 3.07. The lowest BCUT2D eigenvalue weighted by Gasteiger charge is -2.26. The van der Waals surface area contributed by atoms with Gasteiger partial charge in [-0.1, -0.05) is 6.07 Å². The maximum atomic E-state index is 12.8. The van der Waals surface area contributed by atoms with Gasteiger partial charge in [0.15, 0.2) is 9.84 Å². The third-order valence-electron chi connectivity index (χ3n) is 4.16. The monoisotopic (exact) mass is 331 g/mol. The number of nitrogens with zero attached hydrogens (tertiary/aromatic N) is 1. The van der Waals surface area contributed by atoms with Gasteiger partial charge in [0.25, 0.3) is 0 Å². The van der Waals surface area contributed by atoms with Gasteiger partial charge in [-0.2, -0.15) is 4.31 Å². The van der Waals surface area contributed by atoms with Gasteiger partial charge in [0, 0.05) is 12.6 Å². The number of sulfonamides is 1. The summed E-state index contributed by atoms with van der Waals surface area (Å²) in [4.78, 5) is 0.106. The minimum absolute atomic E-state index is 0.0480. The predicted molar refractivity (Wildman–Crippen MR) is 77.6 cm³/mol. The first kappa shape index (κ1) is 14.8. The molecule has 0 amide bonds. The Labute approximate surface area is 124 Å². The molecule has 2 heterocycles. The molecule has 0 aliphatic carbocycles. The number of rotatable bonds is 3. The Morgan fingerprint density at radius 3 is 2.57 bits per heavy atom. The molecule has 6 nitrogen and oxygen atoms in total. The molecule has 116 valence electrons. The third-order valence-corrected chi connectivity index (χ3v) is 8.31. The van der Waals surface area contributed by atoms with Crippen LogP contribution in [-0.2, 0) is 19.9 Å². The van der Waals surface area contributed by atoms with Crippen LogP contribution in [0.1, 0.15) is 12.0 Å². The van der Waals surface area contributed by atoms with Crippen LogP contribution in [0.4, 0.5) is 0 Å². The molecule has 0 radical (unpaired) electrons. The SMILES string of the molecule is COc1ccc(C)cc1S(=O)(=O)N1CC2CC1CS2(=O)=O. The smallest absolute Gasteiger partial charge is 0.247 e. The zero-order valence-electron chi connectivity index (χ0n) is 11.8. The molecule has 8 heteroatoms. The maximum Gasteiger partial charge on any atom is 0.247 e. The second-order valence-electron chi connectivity index (χ2n) is 5.57. The number of hydrogen-bond donors (Lipinski definition) is 0. The van der Waals surface area contributed by atoms with Crippen molar-refractivity contribution in [2.24, 2.45) is 0 Å². The van der Waals surface area contributed by atoms with Gasteiger partial charge in [-0.3, -0.25) is 0 Å². The Morgan fingerprint density at radius 2 is 2.05 bits per heavy atom. The molecular formula is C13H17NO5S2. The van der Waals surface area contributed by atoms with Crippen LogP contribution < -0.4 is 4.74 Å². The van der Waals surface area contributed by atoms with E-state index in [1.54, 1.807) is 25.1 Å². The number of benzene rings is 1. The zero-order valence-corrected chi connectivity index (χ0v) is 13.4. The molecule has 1 aromatic rings. The average molecular weight is 331 g/mol. The first-order chi connectivity index (χ1) is 9.75. The average Bonchev–Trinajstić information content (AvgIpc) is 2.94. The van der Waals surface area contributed by atoms with E-state index >= 15 is 0 Å². The highest BCUT2D eigenvalue weighted by Crippen LogP contribution is 2.38. The third kappa shape index (κ3) is 2.25. The van der Waals surface area contributed by atoms with Gasteiger partial charge in [-0.25, -0.2) is 16.8 Å². The topological polar surface area (TPSA) is 80.8 Å². The van der Waals surface area contributed by atoms with E-state index in [1.807, 2.05) is 0 Å². The summed E-state index contributed by atoms with van der Waals surface area (Å²) in [5.74, 6) is 0.205. The van der Waals surface area contributed by atoms with Crippen molar-refractivity contribution in [1.29, 1.82) is 0 Å². The molecule has 0 aromatic heterocycles. The Hall–Kier alpha value is -1.12. The van der Waals surface area contributed by atoms with Crippen molar-refractivity contribution in [1.82, 2.24) is 4.31 Å². The van der Waals surface area contributed by atoms with Gasteiger partial charge >= 0.3 is 0 Å². The summed E-state index contributed by atoms with van der Waals surface area (Å²) >= 11 is 0. The number of sulfone groups is 1. The van der Waals surface area contributed by atoms with Gasteiger partial charge in [-0.15, -0.1) is 0 Å². The standard InChI is InChI=1S/C13H17NO5S2/c1-9-3-4-12(19-2)13(5-9)21(17,18)14-7-11-6-10(14)8-20(11,15)16/h3-5,10-11H,6-8H2,1-2H3. The van der Waals surface area contributed by atoms with E-state index in [-0.39, 0.29) is 22.9 Å². The van der Waals surface area contributed by atoms with Crippen molar-refractivity contribution in [3.8, 4) is 5.75 Å². The van der Waals surface area contributed by atoms with Gasteiger partial charge < -0.3 is 4.74 Å². The van der Waals surface area contributed by atoms with Crippen molar-refractivity contribution in [2.45, 2.75) is 29.5 Å². The first-order valence-corrected chi connectivity index (χ1v) is 9.79. The lowest BCUT2D eigenvalue weighted by molar-refractivity contribution is 0.384. The van der Waals surface area contributed by atoms with Crippen LogP contribution >= 0.6 is 0 Å². The van der Waals surface area contributed by atoms with Crippen molar-refractivity contribution >= 4 is 19.9 Å². The van der Waals surface area contributed by atoms with E-state index in [0.717, 1.165) is 5.56 Å². The van der Waals surface area contributed by atoms with Crippen LogP contribution in [0.3, 0.4) is 0 Å². The number of hydrogen-bond acceptors (Lipinski definition) is 5. The summed E-state index contributed by atoms with van der Waals surface area (Å²) in [5.41, 5.74) is 0.811. The zero-order chi connectivity index (χ0) is 15.4. The van der Waals surface area contributed by atoms with Crippen molar-refractivity contribution in [3.05, 3.63) is 23.8 Å². The summed E-state index contributed by atoms with van der Waals surface area (Å²) in [6.07, 6.45) is 0.399. The molecule has 0 spiro atoms. The lowest BCUT2D eigenvalue weighted by atomic mass is 10.2. The van der Waals surface area contributed by atoms with E-state index in [0.29, 0.717) is 6.42 Å². The Morgan fingerprint density at radius 1 is 1.33 bits per heavy atom. The number of ether oxygens (including phenoxy) is 1. The first-order valence-electron chi connectivity index (χ1n) is 6.64. The second kappa shape index (κ2) is 4.69. The summed E-state index contributed by atoms with van der Waals surface area (Å²) in [6.45, 7) is 1.85. The molecule has 2 aliphatic rings. The van der Waals surface area contributed by atoms with Crippen molar-refractivity contribution in [3.63, 3.8) is 0 Å². The quantitative estimate of drug-likeness (QED) is 0.808. The molecule has 21 heavy (non-hydrogen) atoms. The van der Waals surface area contributed by atoms with E-state index in [4.69, 9.17) is 4.74 Å². The highest BCUT2D eigenvalue weighted by Gasteiger charge is 2.52. The van der Waals surface area contributed by atoms with Crippen LogP contribution in [0, 0.1) is 6.92 Å². The summed E-state index contributed by atoms with van der Waals surface area (Å²) < 4.78 is 55.6. The number of aryl methyl sites for hydroxylation is 1.